The first-order valence-corrected chi connectivity index (χ1v) is 9.44. The smallest absolute Gasteiger partial charge is 0.326 e. The number of aliphatic carboxylic acids is 1. The summed E-state index contributed by atoms with van der Waals surface area (Å²) in [6, 6.07) is 22.4. The van der Waals surface area contributed by atoms with Crippen LogP contribution in [0.2, 0.25) is 5.02 Å². The molecule has 5 nitrogen and oxygen atoms in total. The number of carboxylic acids is 1. The molecule has 0 fully saturated rings. The molecule has 0 saturated carbocycles. The summed E-state index contributed by atoms with van der Waals surface area (Å²) in [6.07, 6.45) is 0.143. The van der Waals surface area contributed by atoms with Crippen LogP contribution in [0.5, 0.6) is 5.75 Å². The van der Waals surface area contributed by atoms with E-state index in [0.29, 0.717) is 12.4 Å². The van der Waals surface area contributed by atoms with Crippen LogP contribution >= 0.6 is 11.6 Å². The number of benzene rings is 3. The van der Waals surface area contributed by atoms with E-state index in [0.717, 1.165) is 11.1 Å². The minimum absolute atomic E-state index is 0.143. The zero-order valence-electron chi connectivity index (χ0n) is 15.5. The van der Waals surface area contributed by atoms with Gasteiger partial charge in [-0.15, -0.1) is 0 Å². The zero-order valence-corrected chi connectivity index (χ0v) is 16.3. The Morgan fingerprint density at radius 2 is 1.55 bits per heavy atom. The van der Waals surface area contributed by atoms with E-state index in [4.69, 9.17) is 16.3 Å². The van der Waals surface area contributed by atoms with E-state index >= 15 is 0 Å². The van der Waals surface area contributed by atoms with Crippen molar-refractivity contribution < 1.29 is 19.4 Å². The molecule has 0 heterocycles. The maximum atomic E-state index is 12.4. The second-order valence-electron chi connectivity index (χ2n) is 6.47. The summed E-state index contributed by atoms with van der Waals surface area (Å²) in [4.78, 5) is 24.0. The second kappa shape index (κ2) is 9.75. The maximum Gasteiger partial charge on any atom is 0.326 e. The number of hydrogen-bond donors (Lipinski definition) is 2. The highest BCUT2D eigenvalue weighted by molar-refractivity contribution is 6.33. The Kier molecular flexibility index (Phi) is 6.87. The van der Waals surface area contributed by atoms with E-state index in [2.05, 4.69) is 5.32 Å². The highest BCUT2D eigenvalue weighted by Crippen LogP contribution is 2.17. The van der Waals surface area contributed by atoms with Gasteiger partial charge in [0, 0.05) is 6.42 Å². The van der Waals surface area contributed by atoms with Crippen LogP contribution in [-0.2, 0) is 17.8 Å². The van der Waals surface area contributed by atoms with Gasteiger partial charge in [0.05, 0.1) is 10.6 Å². The summed E-state index contributed by atoms with van der Waals surface area (Å²) in [5.74, 6) is -0.954. The molecule has 0 aliphatic heterocycles. The molecule has 0 unspecified atom stereocenters. The molecule has 0 spiro atoms. The molecular weight excluding hydrogens is 390 g/mol. The van der Waals surface area contributed by atoms with Gasteiger partial charge in [-0.05, 0) is 35.4 Å². The van der Waals surface area contributed by atoms with Gasteiger partial charge in [-0.2, -0.15) is 0 Å². The highest BCUT2D eigenvalue weighted by atomic mass is 35.5. The van der Waals surface area contributed by atoms with Crippen molar-refractivity contribution >= 4 is 23.5 Å². The molecule has 1 amide bonds. The molecule has 0 radical (unpaired) electrons. The molecular formula is C23H20ClNO4. The van der Waals surface area contributed by atoms with Gasteiger partial charge >= 0.3 is 5.97 Å². The largest absolute Gasteiger partial charge is 0.489 e. The number of ether oxygens (including phenoxy) is 1. The lowest BCUT2D eigenvalue weighted by molar-refractivity contribution is -0.139. The van der Waals surface area contributed by atoms with Crippen LogP contribution in [0.1, 0.15) is 21.5 Å². The summed E-state index contributed by atoms with van der Waals surface area (Å²) in [5, 5.41) is 12.3. The molecule has 0 bridgehead atoms. The van der Waals surface area contributed by atoms with Crippen LogP contribution in [0.3, 0.4) is 0 Å². The van der Waals surface area contributed by atoms with E-state index < -0.39 is 17.9 Å². The van der Waals surface area contributed by atoms with Gasteiger partial charge in [-0.3, -0.25) is 4.79 Å². The van der Waals surface area contributed by atoms with Gasteiger partial charge in [0.15, 0.2) is 0 Å². The molecule has 29 heavy (non-hydrogen) atoms. The van der Waals surface area contributed by atoms with Gasteiger partial charge in [0.25, 0.3) is 5.91 Å². The lowest BCUT2D eigenvalue weighted by Crippen LogP contribution is -2.42. The van der Waals surface area contributed by atoms with Gasteiger partial charge < -0.3 is 15.2 Å². The number of nitrogens with one attached hydrogen (secondary N) is 1. The molecule has 2 N–H and O–H groups in total. The normalized spacial score (nSPS) is 11.5. The third-order valence-corrected chi connectivity index (χ3v) is 4.66. The lowest BCUT2D eigenvalue weighted by atomic mass is 10.1. The Hall–Kier alpha value is -3.31. The van der Waals surface area contributed by atoms with Crippen LogP contribution in [-0.4, -0.2) is 23.0 Å². The minimum Gasteiger partial charge on any atom is -0.489 e. The van der Waals surface area contributed by atoms with Crippen molar-refractivity contribution in [3.8, 4) is 5.75 Å². The van der Waals surface area contributed by atoms with E-state index in [1.165, 1.54) is 0 Å². The van der Waals surface area contributed by atoms with Crippen LogP contribution in [0.15, 0.2) is 78.9 Å². The average Bonchev–Trinajstić information content (AvgIpc) is 2.73. The SMILES string of the molecule is O=C(N[C@H](Cc1ccc(OCc2ccccc2)cc1)C(=O)O)c1ccccc1Cl. The molecule has 0 aliphatic carbocycles. The third-order valence-electron chi connectivity index (χ3n) is 4.33. The first-order valence-electron chi connectivity index (χ1n) is 9.07. The summed E-state index contributed by atoms with van der Waals surface area (Å²) in [6.45, 7) is 0.450. The number of halogens is 1. The fourth-order valence-electron chi connectivity index (χ4n) is 2.78. The van der Waals surface area contributed by atoms with E-state index in [-0.39, 0.29) is 17.0 Å². The van der Waals surface area contributed by atoms with Crippen LogP contribution in [0, 0.1) is 0 Å². The standard InChI is InChI=1S/C23H20ClNO4/c24-20-9-5-4-8-19(20)22(26)25-21(23(27)28)14-16-10-12-18(13-11-16)29-15-17-6-2-1-3-7-17/h1-13,21H,14-15H2,(H,25,26)(H,27,28)/t21-/m1/s1. The Balaban J connectivity index is 1.61. The molecule has 0 aromatic heterocycles. The summed E-state index contributed by atoms with van der Waals surface area (Å²) in [5.41, 5.74) is 2.07. The molecule has 6 heteroatoms. The van der Waals surface area contributed by atoms with Crippen molar-refractivity contribution in [2.45, 2.75) is 19.1 Å². The quantitative estimate of drug-likeness (QED) is 0.580. The van der Waals surface area contributed by atoms with Gasteiger partial charge in [0.1, 0.15) is 18.4 Å². The zero-order chi connectivity index (χ0) is 20.6. The number of carbonyl (C=O) groups excluding carboxylic acids is 1. The number of hydrogen-bond acceptors (Lipinski definition) is 3. The fourth-order valence-corrected chi connectivity index (χ4v) is 3.00. The van der Waals surface area contributed by atoms with Crippen molar-refractivity contribution in [2.75, 3.05) is 0 Å². The predicted octanol–water partition coefficient (Wildman–Crippen LogP) is 4.34. The Labute approximate surface area is 173 Å². The first kappa shape index (κ1) is 20.4. The van der Waals surface area contributed by atoms with Gasteiger partial charge in [-0.25, -0.2) is 4.79 Å². The molecule has 148 valence electrons. The molecule has 3 rings (SSSR count). The number of carbonyl (C=O) groups is 2. The van der Waals surface area contributed by atoms with E-state index in [1.54, 1.807) is 48.5 Å². The fraction of sp³-hybridized carbons (Fsp3) is 0.130. The topological polar surface area (TPSA) is 75.6 Å². The number of amides is 1. The Bertz CT molecular complexity index is 974. The summed E-state index contributed by atoms with van der Waals surface area (Å²) in [7, 11) is 0. The lowest BCUT2D eigenvalue weighted by Gasteiger charge is -2.15. The maximum absolute atomic E-state index is 12.4. The average molecular weight is 410 g/mol. The number of rotatable bonds is 8. The van der Waals surface area contributed by atoms with Crippen molar-refractivity contribution in [2.24, 2.45) is 0 Å². The molecule has 0 aliphatic rings. The van der Waals surface area contributed by atoms with E-state index in [9.17, 15) is 14.7 Å². The van der Waals surface area contributed by atoms with Crippen LogP contribution in [0.4, 0.5) is 0 Å². The summed E-state index contributed by atoms with van der Waals surface area (Å²) >= 11 is 6.01. The molecule has 3 aromatic rings. The van der Waals surface area contributed by atoms with Crippen molar-refractivity contribution in [3.05, 3.63) is 101 Å². The number of carboxylic acid groups (broad SMARTS) is 1. The van der Waals surface area contributed by atoms with Gasteiger partial charge in [-0.1, -0.05) is 66.2 Å². The third kappa shape index (κ3) is 5.83. The minimum atomic E-state index is -1.12. The van der Waals surface area contributed by atoms with Crippen LogP contribution in [0.25, 0.3) is 0 Å². The summed E-state index contributed by atoms with van der Waals surface area (Å²) < 4.78 is 5.73. The van der Waals surface area contributed by atoms with E-state index in [1.807, 2.05) is 30.3 Å². The monoisotopic (exact) mass is 409 g/mol. The molecule has 1 atom stereocenters. The van der Waals surface area contributed by atoms with Crippen molar-refractivity contribution in [3.63, 3.8) is 0 Å². The van der Waals surface area contributed by atoms with Crippen molar-refractivity contribution in [1.82, 2.24) is 5.32 Å². The second-order valence-corrected chi connectivity index (χ2v) is 6.87. The van der Waals surface area contributed by atoms with Crippen molar-refractivity contribution in [1.29, 1.82) is 0 Å². The Morgan fingerprint density at radius 3 is 2.21 bits per heavy atom. The predicted molar refractivity (Wildman–Crippen MR) is 111 cm³/mol. The highest BCUT2D eigenvalue weighted by Gasteiger charge is 2.22. The molecule has 3 aromatic carbocycles. The molecule has 0 saturated heterocycles. The first-order chi connectivity index (χ1) is 14.0. The van der Waals surface area contributed by atoms with Gasteiger partial charge in [0.2, 0.25) is 0 Å². The van der Waals surface area contributed by atoms with Crippen LogP contribution < -0.4 is 10.1 Å². The Morgan fingerprint density at radius 1 is 0.897 bits per heavy atom.